The van der Waals surface area contributed by atoms with Crippen molar-refractivity contribution in [1.29, 1.82) is 0 Å². The highest BCUT2D eigenvalue weighted by molar-refractivity contribution is 5.95. The molecule has 198 valence electrons. The fourth-order valence-electron chi connectivity index (χ4n) is 10.9. The van der Waals surface area contributed by atoms with E-state index in [1.54, 1.807) is 0 Å². The lowest BCUT2D eigenvalue weighted by Gasteiger charge is -2.64. The maximum Gasteiger partial charge on any atom is 0.159 e. The van der Waals surface area contributed by atoms with E-state index in [0.717, 1.165) is 37.7 Å². The number of carbonyl (C=O) groups excluding carboxylic acids is 1. The lowest BCUT2D eigenvalue weighted by molar-refractivity contribution is -0.193. The first-order chi connectivity index (χ1) is 16.1. The van der Waals surface area contributed by atoms with Crippen LogP contribution in [0.2, 0.25) is 0 Å². The molecule has 11 atom stereocenters. The van der Waals surface area contributed by atoms with Crippen molar-refractivity contribution in [3.05, 3.63) is 11.6 Å². The van der Waals surface area contributed by atoms with Gasteiger partial charge in [-0.3, -0.25) is 4.79 Å². The molecule has 0 aromatic carbocycles. The van der Waals surface area contributed by atoms with E-state index in [4.69, 9.17) is 0 Å². The Kier molecular flexibility index (Phi) is 5.83. The van der Waals surface area contributed by atoms with Crippen molar-refractivity contribution in [2.75, 3.05) is 6.61 Å². The van der Waals surface area contributed by atoms with Gasteiger partial charge in [0.05, 0.1) is 24.9 Å². The molecule has 4 N–H and O–H groups in total. The summed E-state index contributed by atoms with van der Waals surface area (Å²) >= 11 is 0. The summed E-state index contributed by atoms with van der Waals surface area (Å²) in [5.74, 6) is 0.232. The molecule has 0 saturated heterocycles. The average molecular weight is 489 g/mol. The number of aliphatic hydroxyl groups excluding tert-OH is 4. The van der Waals surface area contributed by atoms with Gasteiger partial charge < -0.3 is 20.4 Å². The Bertz CT molecular complexity index is 926. The molecule has 0 heterocycles. The Morgan fingerprint density at radius 1 is 0.857 bits per heavy atom. The van der Waals surface area contributed by atoms with Crippen LogP contribution >= 0.6 is 0 Å². The van der Waals surface area contributed by atoms with E-state index in [-0.39, 0.29) is 52.3 Å². The van der Waals surface area contributed by atoms with Gasteiger partial charge in [-0.05, 0) is 85.5 Å². The maximum atomic E-state index is 13.7. The molecular weight excluding hydrogens is 440 g/mol. The van der Waals surface area contributed by atoms with E-state index in [1.807, 2.05) is 19.9 Å². The first-order valence-corrected chi connectivity index (χ1v) is 14.0. The molecule has 0 unspecified atom stereocenters. The lowest BCUT2D eigenvalue weighted by atomic mass is 9.42. The van der Waals surface area contributed by atoms with Crippen LogP contribution < -0.4 is 0 Å². The van der Waals surface area contributed by atoms with E-state index in [0.29, 0.717) is 19.3 Å². The molecule has 0 spiro atoms. The normalized spacial score (nSPS) is 55.5. The van der Waals surface area contributed by atoms with Gasteiger partial charge in [0, 0.05) is 22.7 Å². The zero-order valence-corrected chi connectivity index (χ0v) is 22.7. The largest absolute Gasteiger partial charge is 0.396 e. The molecule has 0 aliphatic heterocycles. The predicted molar refractivity (Wildman–Crippen MR) is 135 cm³/mol. The van der Waals surface area contributed by atoms with Crippen molar-refractivity contribution in [2.45, 2.75) is 111 Å². The van der Waals surface area contributed by atoms with Gasteiger partial charge in [0.25, 0.3) is 0 Å². The molecule has 0 bridgehead atoms. The van der Waals surface area contributed by atoms with E-state index in [2.05, 4.69) is 27.7 Å². The summed E-state index contributed by atoms with van der Waals surface area (Å²) < 4.78 is 0. The average Bonchev–Trinajstić information content (AvgIpc) is 2.88. The Labute approximate surface area is 211 Å². The summed E-state index contributed by atoms with van der Waals surface area (Å²) in [6.07, 6.45) is 6.80. The summed E-state index contributed by atoms with van der Waals surface area (Å²) in [5.41, 5.74) is -0.386. The monoisotopic (exact) mass is 488 g/mol. The molecule has 35 heavy (non-hydrogen) atoms. The highest BCUT2D eigenvalue weighted by Gasteiger charge is 2.66. The van der Waals surface area contributed by atoms with Crippen LogP contribution in [0.3, 0.4) is 0 Å². The van der Waals surface area contributed by atoms with Gasteiger partial charge in [0.1, 0.15) is 0 Å². The first kappa shape index (κ1) is 25.9. The highest BCUT2D eigenvalue weighted by atomic mass is 16.3. The second-order valence-electron chi connectivity index (χ2n) is 14.9. The van der Waals surface area contributed by atoms with Crippen LogP contribution in [0, 0.1) is 50.7 Å². The van der Waals surface area contributed by atoms with E-state index >= 15 is 0 Å². The van der Waals surface area contributed by atoms with Crippen molar-refractivity contribution >= 4 is 5.78 Å². The predicted octanol–water partition coefficient (Wildman–Crippen LogP) is 4.26. The number of fused-ring (bicyclic) bond motifs is 6. The van der Waals surface area contributed by atoms with Gasteiger partial charge >= 0.3 is 0 Å². The van der Waals surface area contributed by atoms with Crippen molar-refractivity contribution in [3.8, 4) is 0 Å². The molecule has 5 aliphatic rings. The third-order valence-corrected chi connectivity index (χ3v) is 12.7. The summed E-state index contributed by atoms with van der Waals surface area (Å²) in [7, 11) is 0. The molecule has 4 saturated carbocycles. The summed E-state index contributed by atoms with van der Waals surface area (Å²) in [6.45, 7) is 13.0. The fraction of sp³-hybridized carbons (Fsp3) is 0.900. The number of ketones is 1. The number of hydrogen-bond donors (Lipinski definition) is 4. The molecule has 0 radical (unpaired) electrons. The highest BCUT2D eigenvalue weighted by Crippen LogP contribution is 2.70. The standard InChI is InChI=1S/C30H48O5/c1-26(2)22(34)8-12-29(5)24-17(13-19(33)25(26)29)15-27(3)10-7-20-28(4,21(27)14-18(24)32)11-9-23(35)30(20,6)16-31/h13,18,20-25,31-32,34-35H,7-12,14-16H2,1-6H3/t18-,20-,21+,22-,23-,24-,25+,27+,28+,29-,30-/m1/s1. The maximum absolute atomic E-state index is 13.7. The van der Waals surface area contributed by atoms with Gasteiger partial charge in [-0.15, -0.1) is 0 Å². The topological polar surface area (TPSA) is 98.0 Å². The molecule has 5 heteroatoms. The molecule has 5 aliphatic carbocycles. The molecule has 0 aromatic heterocycles. The summed E-state index contributed by atoms with van der Waals surface area (Å²) in [4.78, 5) is 13.7. The van der Waals surface area contributed by atoms with Gasteiger partial charge in [0.2, 0.25) is 0 Å². The Balaban J connectivity index is 1.58. The molecular formula is C30H48O5. The minimum absolute atomic E-state index is 0.0140. The Morgan fingerprint density at radius 3 is 2.14 bits per heavy atom. The van der Waals surface area contributed by atoms with Crippen LogP contribution in [-0.4, -0.2) is 51.1 Å². The SMILES string of the molecule is CC1(C)[C@H](O)CC[C@]2(C)[C@@H]3C(=CC(=O)[C@@H]12)C[C@]1(C)CC[C@@H]2[C@](C)(CC[C@@H](O)[C@]2(C)CO)[C@H]1C[C@H]3O. The third-order valence-electron chi connectivity index (χ3n) is 12.7. The van der Waals surface area contributed by atoms with Gasteiger partial charge in [-0.25, -0.2) is 0 Å². The zero-order valence-electron chi connectivity index (χ0n) is 22.7. The number of aliphatic hydroxyl groups is 4. The fourth-order valence-corrected chi connectivity index (χ4v) is 10.9. The minimum Gasteiger partial charge on any atom is -0.396 e. The van der Waals surface area contributed by atoms with E-state index in [9.17, 15) is 25.2 Å². The first-order valence-electron chi connectivity index (χ1n) is 14.0. The number of rotatable bonds is 1. The molecule has 5 rings (SSSR count). The Morgan fingerprint density at radius 2 is 1.49 bits per heavy atom. The van der Waals surface area contributed by atoms with Crippen molar-refractivity contribution in [1.82, 2.24) is 0 Å². The third kappa shape index (κ3) is 3.30. The van der Waals surface area contributed by atoms with Crippen LogP contribution in [0.25, 0.3) is 0 Å². The lowest BCUT2D eigenvalue weighted by Crippen LogP contribution is -2.60. The van der Waals surface area contributed by atoms with Crippen LogP contribution in [0.1, 0.15) is 92.9 Å². The van der Waals surface area contributed by atoms with E-state index < -0.39 is 29.1 Å². The number of hydrogen-bond acceptors (Lipinski definition) is 5. The quantitative estimate of drug-likeness (QED) is 0.442. The number of allylic oxidation sites excluding steroid dienone is 1. The molecule has 0 amide bonds. The van der Waals surface area contributed by atoms with E-state index in [1.165, 1.54) is 0 Å². The second kappa shape index (κ2) is 7.88. The molecule has 5 nitrogen and oxygen atoms in total. The summed E-state index contributed by atoms with van der Waals surface area (Å²) in [6, 6.07) is 0. The zero-order chi connectivity index (χ0) is 25.8. The van der Waals surface area contributed by atoms with Gasteiger partial charge in [-0.2, -0.15) is 0 Å². The Hall–Kier alpha value is -0.750. The second-order valence-corrected chi connectivity index (χ2v) is 14.9. The van der Waals surface area contributed by atoms with Crippen molar-refractivity contribution < 1.29 is 25.2 Å². The smallest absolute Gasteiger partial charge is 0.159 e. The van der Waals surface area contributed by atoms with Gasteiger partial charge in [0.15, 0.2) is 5.78 Å². The molecule has 0 aromatic rings. The molecule has 4 fully saturated rings. The van der Waals surface area contributed by atoms with Gasteiger partial charge in [-0.1, -0.05) is 47.1 Å². The van der Waals surface area contributed by atoms with Crippen LogP contribution in [0.4, 0.5) is 0 Å². The van der Waals surface area contributed by atoms with Crippen LogP contribution in [0.5, 0.6) is 0 Å². The summed E-state index contributed by atoms with van der Waals surface area (Å²) in [5, 5.41) is 44.1. The van der Waals surface area contributed by atoms with Crippen molar-refractivity contribution in [2.24, 2.45) is 50.7 Å². The van der Waals surface area contributed by atoms with Crippen LogP contribution in [0.15, 0.2) is 11.6 Å². The number of carbonyl (C=O) groups is 1. The van der Waals surface area contributed by atoms with Crippen LogP contribution in [-0.2, 0) is 4.79 Å². The van der Waals surface area contributed by atoms with Crippen molar-refractivity contribution in [3.63, 3.8) is 0 Å². The minimum atomic E-state index is -0.539.